The minimum atomic E-state index is -0.466. The maximum absolute atomic E-state index is 13.4. The van der Waals surface area contributed by atoms with Gasteiger partial charge in [0.1, 0.15) is 0 Å². The fraction of sp³-hybridized carbons (Fsp3) is 0.357. The topological polar surface area (TPSA) is 60.2 Å². The predicted molar refractivity (Wildman–Crippen MR) is 72.2 cm³/mol. The number of likely N-dealkylation sites (tertiary alicyclic amines) is 1. The van der Waals surface area contributed by atoms with Gasteiger partial charge in [-0.25, -0.2) is 9.07 Å². The van der Waals surface area contributed by atoms with E-state index < -0.39 is 5.82 Å². The summed E-state index contributed by atoms with van der Waals surface area (Å²) in [6.45, 7) is 1.05. The Morgan fingerprint density at radius 2 is 2.29 bits per heavy atom. The van der Waals surface area contributed by atoms with Crippen molar-refractivity contribution < 1.29 is 13.9 Å². The minimum absolute atomic E-state index is 0.0953. The largest absolute Gasteiger partial charge is 0.481 e. The van der Waals surface area contributed by atoms with E-state index in [2.05, 4.69) is 10.3 Å². The van der Waals surface area contributed by atoms with Gasteiger partial charge in [0, 0.05) is 19.3 Å². The summed E-state index contributed by atoms with van der Waals surface area (Å²) in [5, 5.41) is 7.71. The Morgan fingerprint density at radius 3 is 3.05 bits per heavy atom. The number of para-hydroxylation sites is 1. The summed E-state index contributed by atoms with van der Waals surface area (Å²) in [4.78, 5) is 13.8. The van der Waals surface area contributed by atoms with Gasteiger partial charge in [0.25, 0.3) is 5.91 Å². The van der Waals surface area contributed by atoms with E-state index in [-0.39, 0.29) is 24.3 Å². The summed E-state index contributed by atoms with van der Waals surface area (Å²) in [5.74, 6) is -0.522. The van der Waals surface area contributed by atoms with Crippen LogP contribution in [0.15, 0.2) is 36.7 Å². The van der Waals surface area contributed by atoms with Crippen LogP contribution < -0.4 is 4.74 Å². The van der Waals surface area contributed by atoms with E-state index in [1.165, 1.54) is 12.1 Å². The maximum atomic E-state index is 13.4. The monoisotopic (exact) mass is 290 g/mol. The second kappa shape index (κ2) is 5.90. The van der Waals surface area contributed by atoms with Gasteiger partial charge in [-0.1, -0.05) is 17.3 Å². The molecule has 3 rings (SSSR count). The second-order valence-corrected chi connectivity index (χ2v) is 4.88. The van der Waals surface area contributed by atoms with Gasteiger partial charge >= 0.3 is 0 Å². The van der Waals surface area contributed by atoms with Crippen molar-refractivity contribution in [2.24, 2.45) is 0 Å². The average molecular weight is 290 g/mol. The normalized spacial score (nSPS) is 18.0. The summed E-state index contributed by atoms with van der Waals surface area (Å²) < 4.78 is 20.4. The van der Waals surface area contributed by atoms with Crippen LogP contribution in [0.25, 0.3) is 0 Å². The zero-order valence-corrected chi connectivity index (χ0v) is 11.4. The van der Waals surface area contributed by atoms with Crippen LogP contribution in [-0.2, 0) is 4.79 Å². The van der Waals surface area contributed by atoms with Crippen LogP contribution in [-0.4, -0.2) is 45.5 Å². The van der Waals surface area contributed by atoms with E-state index in [0.717, 1.165) is 6.42 Å². The Kier molecular flexibility index (Phi) is 3.81. The van der Waals surface area contributed by atoms with Crippen molar-refractivity contribution in [3.8, 4) is 5.75 Å². The van der Waals surface area contributed by atoms with E-state index in [1.807, 2.05) is 0 Å². The van der Waals surface area contributed by atoms with Crippen molar-refractivity contribution in [3.63, 3.8) is 0 Å². The minimum Gasteiger partial charge on any atom is -0.481 e. The third-order valence-electron chi connectivity index (χ3n) is 3.52. The first kappa shape index (κ1) is 13.5. The van der Waals surface area contributed by atoms with E-state index in [1.54, 1.807) is 34.1 Å². The summed E-state index contributed by atoms with van der Waals surface area (Å²) in [5.41, 5.74) is 0. The fourth-order valence-electron chi connectivity index (χ4n) is 2.39. The predicted octanol–water partition coefficient (Wildman–Crippen LogP) is 1.27. The fourth-order valence-corrected chi connectivity index (χ4v) is 2.39. The molecule has 6 nitrogen and oxygen atoms in total. The van der Waals surface area contributed by atoms with Gasteiger partial charge in [0.2, 0.25) is 0 Å². The van der Waals surface area contributed by atoms with Crippen molar-refractivity contribution in [1.82, 2.24) is 19.9 Å². The maximum Gasteiger partial charge on any atom is 0.260 e. The smallest absolute Gasteiger partial charge is 0.260 e. The first-order chi connectivity index (χ1) is 10.2. The molecule has 0 unspecified atom stereocenters. The zero-order chi connectivity index (χ0) is 14.7. The van der Waals surface area contributed by atoms with Crippen molar-refractivity contribution in [2.45, 2.75) is 12.5 Å². The van der Waals surface area contributed by atoms with Gasteiger partial charge in [-0.05, 0) is 18.6 Å². The number of rotatable bonds is 4. The van der Waals surface area contributed by atoms with E-state index in [0.29, 0.717) is 13.1 Å². The number of hydrogen-bond donors (Lipinski definition) is 0. The Hall–Kier alpha value is -2.44. The van der Waals surface area contributed by atoms with E-state index >= 15 is 0 Å². The molecule has 1 amide bonds. The molecule has 7 heteroatoms. The molecule has 0 N–H and O–H groups in total. The van der Waals surface area contributed by atoms with Crippen molar-refractivity contribution in [3.05, 3.63) is 42.5 Å². The zero-order valence-electron chi connectivity index (χ0n) is 11.4. The number of nitrogens with zero attached hydrogens (tertiary/aromatic N) is 4. The van der Waals surface area contributed by atoms with Crippen LogP contribution >= 0.6 is 0 Å². The lowest BCUT2D eigenvalue weighted by molar-refractivity contribution is -0.132. The Balaban J connectivity index is 1.54. The quantitative estimate of drug-likeness (QED) is 0.851. The van der Waals surface area contributed by atoms with Gasteiger partial charge in [-0.3, -0.25) is 4.79 Å². The SMILES string of the molecule is O=C(COc1ccccc1F)N1CC[C@@H](n2ccnn2)C1. The standard InChI is InChI=1S/C14H15FN4O2/c15-12-3-1-2-4-13(12)21-10-14(20)18-7-5-11(9-18)19-8-6-16-17-19/h1-4,6,8,11H,5,7,9-10H2/t11-/m1/s1. The highest BCUT2D eigenvalue weighted by Crippen LogP contribution is 2.21. The highest BCUT2D eigenvalue weighted by Gasteiger charge is 2.28. The van der Waals surface area contributed by atoms with Crippen LogP contribution in [0, 0.1) is 5.82 Å². The lowest BCUT2D eigenvalue weighted by Crippen LogP contribution is -2.33. The lowest BCUT2D eigenvalue weighted by Gasteiger charge is -2.17. The Bertz CT molecular complexity index is 617. The molecule has 0 saturated carbocycles. The van der Waals surface area contributed by atoms with Gasteiger partial charge in [0.15, 0.2) is 18.2 Å². The Morgan fingerprint density at radius 1 is 1.43 bits per heavy atom. The molecule has 21 heavy (non-hydrogen) atoms. The first-order valence-corrected chi connectivity index (χ1v) is 6.75. The molecule has 0 aliphatic carbocycles. The molecular formula is C14H15FN4O2. The van der Waals surface area contributed by atoms with Crippen LogP contribution in [0.5, 0.6) is 5.75 Å². The summed E-state index contributed by atoms with van der Waals surface area (Å²) in [6, 6.07) is 6.19. The highest BCUT2D eigenvalue weighted by molar-refractivity contribution is 5.78. The molecular weight excluding hydrogens is 275 g/mol. The summed E-state index contributed by atoms with van der Waals surface area (Å²) in [6.07, 6.45) is 4.23. The third kappa shape index (κ3) is 3.01. The molecule has 1 aliphatic rings. The number of halogens is 1. The molecule has 1 aromatic carbocycles. The lowest BCUT2D eigenvalue weighted by atomic mass is 10.3. The third-order valence-corrected chi connectivity index (χ3v) is 3.52. The van der Waals surface area contributed by atoms with Crippen molar-refractivity contribution in [2.75, 3.05) is 19.7 Å². The van der Waals surface area contributed by atoms with Gasteiger partial charge in [-0.2, -0.15) is 0 Å². The summed E-state index contributed by atoms with van der Waals surface area (Å²) >= 11 is 0. The average Bonchev–Trinajstić information content (AvgIpc) is 3.16. The number of ether oxygens (including phenoxy) is 1. The molecule has 1 aliphatic heterocycles. The van der Waals surface area contributed by atoms with Gasteiger partial charge < -0.3 is 9.64 Å². The van der Waals surface area contributed by atoms with E-state index in [9.17, 15) is 9.18 Å². The van der Waals surface area contributed by atoms with Crippen LogP contribution in [0.3, 0.4) is 0 Å². The molecule has 0 radical (unpaired) electrons. The van der Waals surface area contributed by atoms with Crippen LogP contribution in [0.4, 0.5) is 4.39 Å². The number of carbonyl (C=O) groups excluding carboxylic acids is 1. The highest BCUT2D eigenvalue weighted by atomic mass is 19.1. The first-order valence-electron chi connectivity index (χ1n) is 6.75. The van der Waals surface area contributed by atoms with Gasteiger partial charge in [-0.15, -0.1) is 5.10 Å². The van der Waals surface area contributed by atoms with Crippen molar-refractivity contribution in [1.29, 1.82) is 0 Å². The van der Waals surface area contributed by atoms with Crippen LogP contribution in [0.1, 0.15) is 12.5 Å². The number of benzene rings is 1. The number of carbonyl (C=O) groups is 1. The number of hydrogen-bond acceptors (Lipinski definition) is 4. The molecule has 110 valence electrons. The second-order valence-electron chi connectivity index (χ2n) is 4.88. The Labute approximate surface area is 121 Å². The molecule has 0 spiro atoms. The molecule has 0 bridgehead atoms. The van der Waals surface area contributed by atoms with E-state index in [4.69, 9.17) is 4.74 Å². The molecule has 2 heterocycles. The molecule has 2 aromatic rings. The summed E-state index contributed by atoms with van der Waals surface area (Å²) in [7, 11) is 0. The van der Waals surface area contributed by atoms with Crippen LogP contribution in [0.2, 0.25) is 0 Å². The molecule has 1 fully saturated rings. The van der Waals surface area contributed by atoms with Crippen molar-refractivity contribution >= 4 is 5.91 Å². The molecule has 1 atom stereocenters. The number of aromatic nitrogens is 3. The molecule has 1 saturated heterocycles. The number of amides is 1. The van der Waals surface area contributed by atoms with Gasteiger partial charge in [0.05, 0.1) is 12.2 Å². The molecule has 1 aromatic heterocycles.